The molecular formula is C29H36ClN5O. The van der Waals surface area contributed by atoms with Crippen LogP contribution >= 0.6 is 12.4 Å². The minimum atomic E-state index is 0. The first kappa shape index (κ1) is 25.0. The molecule has 0 bridgehead atoms. The molecule has 3 N–H and O–H groups in total. The number of hydrogen-bond acceptors (Lipinski definition) is 5. The maximum Gasteiger partial charge on any atom is 0.228 e. The second kappa shape index (κ2) is 10.7. The molecule has 7 heteroatoms. The lowest BCUT2D eigenvalue weighted by atomic mass is 9.97. The minimum Gasteiger partial charge on any atom is -0.369 e. The predicted octanol–water partition coefficient (Wildman–Crippen LogP) is 5.65. The number of hydrogen-bond donors (Lipinski definition) is 2. The van der Waals surface area contributed by atoms with Gasteiger partial charge in [0.05, 0.1) is 11.2 Å². The summed E-state index contributed by atoms with van der Waals surface area (Å²) < 4.78 is 0. The van der Waals surface area contributed by atoms with Crippen LogP contribution in [0.2, 0.25) is 0 Å². The normalized spacial score (nSPS) is 20.1. The highest BCUT2D eigenvalue weighted by molar-refractivity contribution is 5.97. The van der Waals surface area contributed by atoms with Gasteiger partial charge in [0.1, 0.15) is 5.82 Å². The number of halogens is 1. The van der Waals surface area contributed by atoms with E-state index in [1.165, 1.54) is 41.6 Å². The highest BCUT2D eigenvalue weighted by Gasteiger charge is 2.27. The van der Waals surface area contributed by atoms with Crippen LogP contribution in [0.1, 0.15) is 62.6 Å². The fraction of sp³-hybridized carbons (Fsp3) is 0.483. The summed E-state index contributed by atoms with van der Waals surface area (Å²) in [6.45, 7) is 1.91. The Balaban J connectivity index is 0.00000267. The van der Waals surface area contributed by atoms with Crippen LogP contribution in [-0.2, 0) is 17.6 Å². The third-order valence-electron chi connectivity index (χ3n) is 8.09. The summed E-state index contributed by atoms with van der Waals surface area (Å²) in [6.07, 6.45) is 12.9. The summed E-state index contributed by atoms with van der Waals surface area (Å²) in [6, 6.07) is 10.8. The van der Waals surface area contributed by atoms with Crippen LogP contribution in [0.15, 0.2) is 36.5 Å². The summed E-state index contributed by atoms with van der Waals surface area (Å²) in [7, 11) is 0. The number of aryl methyl sites for hydroxylation is 1. The first-order chi connectivity index (χ1) is 17.2. The van der Waals surface area contributed by atoms with Crippen LogP contribution in [0.4, 0.5) is 11.5 Å². The predicted molar refractivity (Wildman–Crippen MR) is 149 cm³/mol. The topological polar surface area (TPSA) is 84.1 Å². The van der Waals surface area contributed by atoms with Crippen molar-refractivity contribution in [3.8, 4) is 11.1 Å². The molecule has 2 aliphatic carbocycles. The van der Waals surface area contributed by atoms with Gasteiger partial charge in [-0.3, -0.25) is 9.78 Å². The lowest BCUT2D eigenvalue weighted by molar-refractivity contribution is -0.119. The molecule has 1 unspecified atom stereocenters. The van der Waals surface area contributed by atoms with E-state index in [0.717, 1.165) is 74.7 Å². The van der Waals surface area contributed by atoms with Crippen molar-refractivity contribution in [2.45, 2.75) is 70.3 Å². The van der Waals surface area contributed by atoms with Crippen LogP contribution in [0.25, 0.3) is 22.0 Å². The van der Waals surface area contributed by atoms with E-state index in [1.54, 1.807) is 6.20 Å². The zero-order chi connectivity index (χ0) is 23.8. The molecule has 1 saturated heterocycles. The Morgan fingerprint density at radius 1 is 0.972 bits per heavy atom. The number of amides is 1. The molecule has 190 valence electrons. The Labute approximate surface area is 219 Å². The van der Waals surface area contributed by atoms with Gasteiger partial charge >= 0.3 is 0 Å². The van der Waals surface area contributed by atoms with Gasteiger partial charge in [0.25, 0.3) is 0 Å². The minimum absolute atomic E-state index is 0. The van der Waals surface area contributed by atoms with Crippen LogP contribution < -0.4 is 16.0 Å². The highest BCUT2D eigenvalue weighted by Crippen LogP contribution is 2.39. The van der Waals surface area contributed by atoms with Crippen LogP contribution in [-0.4, -0.2) is 35.0 Å². The number of nitrogens with one attached hydrogen (secondary N) is 1. The smallest absolute Gasteiger partial charge is 0.228 e. The SMILES string of the molecule is Cl.NC1CCN(c2c3c(nc4ccc(-c5ccnc(NC(=O)C6CCCC6)c5)cc24)CCCCC3)C1. The molecule has 2 aromatic heterocycles. The Hall–Kier alpha value is -2.70. The lowest BCUT2D eigenvalue weighted by Crippen LogP contribution is -2.27. The third-order valence-corrected chi connectivity index (χ3v) is 8.09. The Kier molecular flexibility index (Phi) is 7.44. The average molecular weight is 506 g/mol. The van der Waals surface area contributed by atoms with Crippen molar-refractivity contribution in [2.24, 2.45) is 11.7 Å². The molecule has 6 nitrogen and oxygen atoms in total. The van der Waals surface area contributed by atoms with Crippen molar-refractivity contribution >= 4 is 40.7 Å². The van der Waals surface area contributed by atoms with Crippen LogP contribution in [0.5, 0.6) is 0 Å². The lowest BCUT2D eigenvalue weighted by Gasteiger charge is -2.25. The first-order valence-corrected chi connectivity index (χ1v) is 13.4. The van der Waals surface area contributed by atoms with Gasteiger partial charge < -0.3 is 16.0 Å². The standard InChI is InChI=1S/C29H35N5O.ClH/c30-22-13-15-34(18-22)28-23-8-2-1-3-9-25(23)32-26-11-10-20(16-24(26)28)21-12-14-31-27(17-21)33-29(35)19-6-4-5-7-19;/h10-12,14,16-17,19,22H,1-9,13,15,18,30H2,(H,31,33,35);1H. The fourth-order valence-corrected chi connectivity index (χ4v) is 6.20. The van der Waals surface area contributed by atoms with Gasteiger partial charge in [-0.1, -0.05) is 25.3 Å². The quantitative estimate of drug-likeness (QED) is 0.447. The fourth-order valence-electron chi connectivity index (χ4n) is 6.20. The zero-order valence-corrected chi connectivity index (χ0v) is 21.7. The number of nitrogens with two attached hydrogens (primary N) is 1. The molecule has 1 saturated carbocycles. The van der Waals surface area contributed by atoms with Gasteiger partial charge in [-0.05, 0) is 85.9 Å². The largest absolute Gasteiger partial charge is 0.369 e. The van der Waals surface area contributed by atoms with Gasteiger partial charge in [0, 0.05) is 42.3 Å². The van der Waals surface area contributed by atoms with E-state index in [2.05, 4.69) is 33.4 Å². The number of carbonyl (C=O) groups excluding carboxylic acids is 1. The molecule has 2 fully saturated rings. The molecule has 0 radical (unpaired) electrons. The number of rotatable bonds is 4. The number of aromatic nitrogens is 2. The van der Waals surface area contributed by atoms with E-state index in [-0.39, 0.29) is 30.3 Å². The maximum atomic E-state index is 12.6. The molecule has 1 atom stereocenters. The molecule has 1 amide bonds. The molecule has 0 spiro atoms. The first-order valence-electron chi connectivity index (χ1n) is 13.4. The van der Waals surface area contributed by atoms with Crippen LogP contribution in [0.3, 0.4) is 0 Å². The summed E-state index contributed by atoms with van der Waals surface area (Å²) >= 11 is 0. The molecule has 3 heterocycles. The van der Waals surface area contributed by atoms with Crippen molar-refractivity contribution in [2.75, 3.05) is 23.3 Å². The second-order valence-corrected chi connectivity index (χ2v) is 10.6. The Morgan fingerprint density at radius 2 is 1.78 bits per heavy atom. The van der Waals surface area contributed by atoms with E-state index < -0.39 is 0 Å². The number of carbonyl (C=O) groups is 1. The Bertz CT molecular complexity index is 1260. The second-order valence-electron chi connectivity index (χ2n) is 10.6. The summed E-state index contributed by atoms with van der Waals surface area (Å²) in [5, 5.41) is 4.27. The van der Waals surface area contributed by atoms with Crippen molar-refractivity contribution in [1.82, 2.24) is 9.97 Å². The molecule has 1 aliphatic heterocycles. The van der Waals surface area contributed by atoms with Crippen molar-refractivity contribution in [3.63, 3.8) is 0 Å². The molecule has 6 rings (SSSR count). The van der Waals surface area contributed by atoms with Gasteiger partial charge in [-0.25, -0.2) is 4.98 Å². The average Bonchev–Trinajstić information content (AvgIpc) is 3.50. The molecule has 3 aliphatic rings. The van der Waals surface area contributed by atoms with E-state index in [9.17, 15) is 4.79 Å². The summed E-state index contributed by atoms with van der Waals surface area (Å²) in [5.74, 6) is 0.854. The van der Waals surface area contributed by atoms with Gasteiger partial charge in [-0.15, -0.1) is 12.4 Å². The number of pyridine rings is 2. The van der Waals surface area contributed by atoms with Crippen molar-refractivity contribution in [3.05, 3.63) is 47.8 Å². The van der Waals surface area contributed by atoms with E-state index in [1.807, 2.05) is 12.1 Å². The van der Waals surface area contributed by atoms with Crippen molar-refractivity contribution in [1.29, 1.82) is 0 Å². The summed E-state index contributed by atoms with van der Waals surface area (Å²) in [5.41, 5.74) is 13.6. The van der Waals surface area contributed by atoms with Crippen molar-refractivity contribution < 1.29 is 4.79 Å². The highest BCUT2D eigenvalue weighted by atomic mass is 35.5. The number of benzene rings is 1. The zero-order valence-electron chi connectivity index (χ0n) is 20.8. The monoisotopic (exact) mass is 505 g/mol. The molecule has 36 heavy (non-hydrogen) atoms. The van der Waals surface area contributed by atoms with Gasteiger partial charge in [-0.2, -0.15) is 0 Å². The van der Waals surface area contributed by atoms with E-state index in [0.29, 0.717) is 5.82 Å². The van der Waals surface area contributed by atoms with E-state index >= 15 is 0 Å². The number of anilines is 2. The third kappa shape index (κ3) is 4.94. The maximum absolute atomic E-state index is 12.6. The van der Waals surface area contributed by atoms with Crippen LogP contribution in [0, 0.1) is 5.92 Å². The number of fused-ring (bicyclic) bond motifs is 2. The Morgan fingerprint density at radius 3 is 2.58 bits per heavy atom. The molecule has 3 aromatic rings. The molecule has 1 aromatic carbocycles. The summed E-state index contributed by atoms with van der Waals surface area (Å²) in [4.78, 5) is 24.7. The van der Waals surface area contributed by atoms with Gasteiger partial charge in [0.2, 0.25) is 5.91 Å². The number of nitrogens with zero attached hydrogens (tertiary/aromatic N) is 3. The van der Waals surface area contributed by atoms with Gasteiger partial charge in [0.15, 0.2) is 0 Å². The van der Waals surface area contributed by atoms with E-state index in [4.69, 9.17) is 10.7 Å². The molecular weight excluding hydrogens is 470 g/mol.